The number of benzene rings is 1. The van der Waals surface area contributed by atoms with Gasteiger partial charge in [-0.15, -0.1) is 0 Å². The molecule has 0 bridgehead atoms. The Balaban J connectivity index is 1.73. The molecule has 128 valence electrons. The maximum Gasteiger partial charge on any atom is 0.242 e. The predicted octanol–water partition coefficient (Wildman–Crippen LogP) is 2.95. The van der Waals surface area contributed by atoms with E-state index in [1.54, 1.807) is 0 Å². The molecule has 24 heavy (non-hydrogen) atoms. The molecule has 2 aliphatic heterocycles. The molecule has 2 aliphatic rings. The number of hydrogen-bond donors (Lipinski definition) is 0. The Kier molecular flexibility index (Phi) is 4.09. The third kappa shape index (κ3) is 2.73. The number of piperidine rings is 1. The number of carbonyl (C=O) groups excluding carboxylic acids is 1. The Hall–Kier alpha value is -1.81. The van der Waals surface area contributed by atoms with Crippen molar-refractivity contribution < 1.29 is 4.79 Å². The normalized spacial score (nSPS) is 18.8. The first-order valence-corrected chi connectivity index (χ1v) is 9.20. The summed E-state index contributed by atoms with van der Waals surface area (Å²) in [4.78, 5) is 17.2. The average Bonchev–Trinajstić information content (AvgIpc) is 2.88. The fraction of sp³-hybridized carbons (Fsp3) is 0.550. The van der Waals surface area contributed by atoms with Gasteiger partial charge in [0.25, 0.3) is 0 Å². The second kappa shape index (κ2) is 6.25. The number of fused-ring (bicyclic) bond motifs is 3. The summed E-state index contributed by atoms with van der Waals surface area (Å²) in [5.41, 5.74) is 5.32. The van der Waals surface area contributed by atoms with Crippen molar-refractivity contribution in [2.45, 2.75) is 45.7 Å². The molecule has 1 saturated heterocycles. The highest BCUT2D eigenvalue weighted by Gasteiger charge is 2.25. The number of aromatic nitrogens is 1. The summed E-state index contributed by atoms with van der Waals surface area (Å²) in [5, 5.41) is 1.35. The molecule has 0 unspecified atom stereocenters. The van der Waals surface area contributed by atoms with Crippen molar-refractivity contribution in [3.63, 3.8) is 0 Å². The second-order valence-corrected chi connectivity index (χ2v) is 7.46. The van der Waals surface area contributed by atoms with E-state index in [9.17, 15) is 4.79 Å². The van der Waals surface area contributed by atoms with Crippen LogP contribution in [0.1, 0.15) is 36.1 Å². The van der Waals surface area contributed by atoms with Gasteiger partial charge >= 0.3 is 0 Å². The van der Waals surface area contributed by atoms with Crippen LogP contribution in [-0.2, 0) is 24.3 Å². The molecule has 4 nitrogen and oxygen atoms in total. The van der Waals surface area contributed by atoms with E-state index < -0.39 is 0 Å². The molecule has 4 rings (SSSR count). The topological polar surface area (TPSA) is 28.5 Å². The van der Waals surface area contributed by atoms with E-state index in [-0.39, 0.29) is 5.91 Å². The van der Waals surface area contributed by atoms with Gasteiger partial charge in [-0.3, -0.25) is 4.79 Å². The van der Waals surface area contributed by atoms with Crippen molar-refractivity contribution >= 4 is 16.8 Å². The van der Waals surface area contributed by atoms with Gasteiger partial charge in [0, 0.05) is 42.8 Å². The Labute approximate surface area is 144 Å². The monoisotopic (exact) mass is 325 g/mol. The number of amides is 1. The number of rotatable bonds is 2. The zero-order valence-electron chi connectivity index (χ0n) is 14.8. The van der Waals surface area contributed by atoms with Crippen LogP contribution in [0, 0.1) is 6.92 Å². The van der Waals surface area contributed by atoms with E-state index in [0.29, 0.717) is 6.54 Å². The van der Waals surface area contributed by atoms with Gasteiger partial charge in [-0.05, 0) is 57.4 Å². The smallest absolute Gasteiger partial charge is 0.242 e. The van der Waals surface area contributed by atoms with Crippen LogP contribution in [0.15, 0.2) is 18.2 Å². The van der Waals surface area contributed by atoms with E-state index in [2.05, 4.69) is 46.5 Å². The van der Waals surface area contributed by atoms with Gasteiger partial charge in [0.15, 0.2) is 0 Å². The summed E-state index contributed by atoms with van der Waals surface area (Å²) in [6, 6.07) is 6.66. The molecule has 3 heterocycles. The standard InChI is InChI=1S/C20H27N3O/c1-15-6-7-18-17(12-15)16-8-11-21(2)13-19(16)23(18)14-20(24)22-9-4-3-5-10-22/h6-7,12H,3-5,8-11,13-14H2,1-2H3. The van der Waals surface area contributed by atoms with Crippen LogP contribution in [0.25, 0.3) is 10.9 Å². The molecule has 4 heteroatoms. The Bertz CT molecular complexity index is 771. The molecule has 1 amide bonds. The lowest BCUT2D eigenvalue weighted by Gasteiger charge is -2.28. The first kappa shape index (κ1) is 15.7. The number of nitrogens with zero attached hydrogens (tertiary/aromatic N) is 3. The zero-order chi connectivity index (χ0) is 16.7. The molecular weight excluding hydrogens is 298 g/mol. The molecule has 0 atom stereocenters. The number of aryl methyl sites for hydroxylation is 1. The number of likely N-dealkylation sites (tertiary alicyclic amines) is 1. The van der Waals surface area contributed by atoms with E-state index in [4.69, 9.17) is 0 Å². The van der Waals surface area contributed by atoms with E-state index in [1.165, 1.54) is 34.1 Å². The molecule has 0 spiro atoms. The molecule has 2 aromatic rings. The number of hydrogen-bond acceptors (Lipinski definition) is 2. The van der Waals surface area contributed by atoms with Crippen LogP contribution in [0.2, 0.25) is 0 Å². The second-order valence-electron chi connectivity index (χ2n) is 7.46. The third-order valence-electron chi connectivity index (χ3n) is 5.61. The molecule has 0 N–H and O–H groups in total. The highest BCUT2D eigenvalue weighted by Crippen LogP contribution is 2.31. The summed E-state index contributed by atoms with van der Waals surface area (Å²) in [5.74, 6) is 0.281. The summed E-state index contributed by atoms with van der Waals surface area (Å²) < 4.78 is 2.29. The molecule has 1 fully saturated rings. The number of likely N-dealkylation sites (N-methyl/N-ethyl adjacent to an activating group) is 1. The SMILES string of the molecule is Cc1ccc2c(c1)c1c(n2CC(=O)N2CCCCC2)CN(C)CC1. The largest absolute Gasteiger partial charge is 0.341 e. The molecule has 1 aromatic heterocycles. The van der Waals surface area contributed by atoms with Crippen LogP contribution in [0.5, 0.6) is 0 Å². The lowest BCUT2D eigenvalue weighted by molar-refractivity contribution is -0.132. The predicted molar refractivity (Wildman–Crippen MR) is 97.1 cm³/mol. The highest BCUT2D eigenvalue weighted by molar-refractivity contribution is 5.88. The van der Waals surface area contributed by atoms with E-state index in [0.717, 1.165) is 45.4 Å². The van der Waals surface area contributed by atoms with Crippen molar-refractivity contribution in [3.05, 3.63) is 35.0 Å². The lowest BCUT2D eigenvalue weighted by atomic mass is 10.0. The fourth-order valence-electron chi connectivity index (χ4n) is 4.25. The molecule has 0 aliphatic carbocycles. The molecule has 1 aromatic carbocycles. The van der Waals surface area contributed by atoms with Gasteiger partial charge in [0.1, 0.15) is 6.54 Å². The van der Waals surface area contributed by atoms with Crippen molar-refractivity contribution in [1.82, 2.24) is 14.4 Å². The fourth-order valence-corrected chi connectivity index (χ4v) is 4.25. The van der Waals surface area contributed by atoms with Crippen molar-refractivity contribution in [1.29, 1.82) is 0 Å². The van der Waals surface area contributed by atoms with Crippen LogP contribution in [-0.4, -0.2) is 47.0 Å². The van der Waals surface area contributed by atoms with E-state index in [1.807, 2.05) is 0 Å². The summed E-state index contributed by atoms with van der Waals surface area (Å²) in [7, 11) is 2.17. The van der Waals surface area contributed by atoms with Gasteiger partial charge < -0.3 is 14.4 Å². The summed E-state index contributed by atoms with van der Waals surface area (Å²) in [6.45, 7) is 6.54. The van der Waals surface area contributed by atoms with Crippen LogP contribution in [0.3, 0.4) is 0 Å². The molecule has 0 radical (unpaired) electrons. The minimum absolute atomic E-state index is 0.281. The van der Waals surface area contributed by atoms with Crippen LogP contribution < -0.4 is 0 Å². The van der Waals surface area contributed by atoms with Crippen molar-refractivity contribution in [2.24, 2.45) is 0 Å². The van der Waals surface area contributed by atoms with Gasteiger partial charge in [0.2, 0.25) is 5.91 Å². The summed E-state index contributed by atoms with van der Waals surface area (Å²) >= 11 is 0. The van der Waals surface area contributed by atoms with Gasteiger partial charge in [-0.2, -0.15) is 0 Å². The van der Waals surface area contributed by atoms with Crippen molar-refractivity contribution in [3.8, 4) is 0 Å². The van der Waals surface area contributed by atoms with Gasteiger partial charge in [0.05, 0.1) is 0 Å². The minimum Gasteiger partial charge on any atom is -0.341 e. The zero-order valence-corrected chi connectivity index (χ0v) is 14.8. The van der Waals surface area contributed by atoms with Gasteiger partial charge in [-0.1, -0.05) is 11.6 Å². The average molecular weight is 325 g/mol. The van der Waals surface area contributed by atoms with Crippen LogP contribution >= 0.6 is 0 Å². The first-order chi connectivity index (χ1) is 11.6. The minimum atomic E-state index is 0.281. The Morgan fingerprint density at radius 3 is 2.71 bits per heavy atom. The molecule has 0 saturated carbocycles. The molecular formula is C20H27N3O. The number of carbonyl (C=O) groups is 1. The Morgan fingerprint density at radius 1 is 1.12 bits per heavy atom. The quantitative estimate of drug-likeness (QED) is 0.849. The van der Waals surface area contributed by atoms with Crippen molar-refractivity contribution in [2.75, 3.05) is 26.7 Å². The van der Waals surface area contributed by atoms with E-state index >= 15 is 0 Å². The first-order valence-electron chi connectivity index (χ1n) is 9.20. The summed E-state index contributed by atoms with van der Waals surface area (Å²) in [6.07, 6.45) is 4.64. The lowest BCUT2D eigenvalue weighted by Crippen LogP contribution is -2.38. The van der Waals surface area contributed by atoms with Gasteiger partial charge in [-0.25, -0.2) is 0 Å². The third-order valence-corrected chi connectivity index (χ3v) is 5.61. The van der Waals surface area contributed by atoms with Crippen LogP contribution in [0.4, 0.5) is 0 Å². The maximum absolute atomic E-state index is 12.8. The Morgan fingerprint density at radius 2 is 1.92 bits per heavy atom. The maximum atomic E-state index is 12.8. The highest BCUT2D eigenvalue weighted by atomic mass is 16.2.